The molecule has 0 spiro atoms. The van der Waals surface area contributed by atoms with Gasteiger partial charge in [0.2, 0.25) is 0 Å². The van der Waals surface area contributed by atoms with E-state index in [1.807, 2.05) is 11.3 Å². The van der Waals surface area contributed by atoms with Gasteiger partial charge in [-0.05, 0) is 123 Å². The highest BCUT2D eigenvalue weighted by atomic mass is 32.1. The number of thiophene rings is 1. The van der Waals surface area contributed by atoms with Crippen LogP contribution in [0.2, 0.25) is 0 Å². The molecule has 10 aromatic carbocycles. The Hall–Kier alpha value is -7.98. The lowest BCUT2D eigenvalue weighted by atomic mass is 9.93. The molecule has 0 saturated carbocycles. The second-order valence-electron chi connectivity index (χ2n) is 16.1. The van der Waals surface area contributed by atoms with Crippen LogP contribution >= 0.6 is 11.3 Å². The van der Waals surface area contributed by atoms with Crippen LogP contribution in [0.4, 0.5) is 17.1 Å². The summed E-state index contributed by atoms with van der Waals surface area (Å²) in [7, 11) is 0. The van der Waals surface area contributed by atoms with Gasteiger partial charge in [0, 0.05) is 53.7 Å². The zero-order valence-corrected chi connectivity index (χ0v) is 35.2. The monoisotopic (exact) mass is 820 g/mol. The van der Waals surface area contributed by atoms with E-state index in [1.54, 1.807) is 0 Å². The smallest absolute Gasteiger partial charge is 0.0541 e. The highest BCUT2D eigenvalue weighted by molar-refractivity contribution is 7.25. The predicted octanol–water partition coefficient (Wildman–Crippen LogP) is 17.3. The Morgan fingerprint density at radius 2 is 0.794 bits per heavy atom. The van der Waals surface area contributed by atoms with Crippen LogP contribution in [0.25, 0.3) is 92.2 Å². The van der Waals surface area contributed by atoms with Gasteiger partial charge in [0.15, 0.2) is 0 Å². The van der Waals surface area contributed by atoms with Gasteiger partial charge in [-0.2, -0.15) is 0 Å². The molecule has 0 bridgehead atoms. The molecule has 0 unspecified atom stereocenters. The molecule has 2 nitrogen and oxygen atoms in total. The first-order valence-corrected chi connectivity index (χ1v) is 22.3. The van der Waals surface area contributed by atoms with E-state index in [1.165, 1.54) is 86.6 Å². The summed E-state index contributed by atoms with van der Waals surface area (Å²) in [6.07, 6.45) is 0. The SMILES string of the molecule is c1ccc(-c2ccc(-c3cccc(N(c4ccccc4)c4cccc(-c5ccccc5-c5ccc6c(c5)c5ccccc5n6-c5ccc6sc7ccccc7c6c5)c4)c3)cc2)cc1. The van der Waals surface area contributed by atoms with Crippen molar-refractivity contribution in [1.82, 2.24) is 4.57 Å². The molecule has 2 heterocycles. The van der Waals surface area contributed by atoms with E-state index in [9.17, 15) is 0 Å². The van der Waals surface area contributed by atoms with Crippen molar-refractivity contribution in [2.45, 2.75) is 0 Å². The van der Waals surface area contributed by atoms with E-state index in [0.717, 1.165) is 22.6 Å². The second-order valence-corrected chi connectivity index (χ2v) is 17.2. The Kier molecular flexibility index (Phi) is 9.06. The third kappa shape index (κ3) is 6.58. The maximum Gasteiger partial charge on any atom is 0.0541 e. The van der Waals surface area contributed by atoms with Gasteiger partial charge in [0.05, 0.1) is 11.0 Å². The average molecular weight is 821 g/mol. The van der Waals surface area contributed by atoms with Crippen molar-refractivity contribution in [3.8, 4) is 50.2 Å². The van der Waals surface area contributed by atoms with Crippen molar-refractivity contribution in [1.29, 1.82) is 0 Å². The van der Waals surface area contributed by atoms with Crippen LogP contribution in [0.1, 0.15) is 0 Å². The van der Waals surface area contributed by atoms with E-state index in [4.69, 9.17) is 0 Å². The highest BCUT2D eigenvalue weighted by Crippen LogP contribution is 2.43. The fourth-order valence-corrected chi connectivity index (χ4v) is 10.5. The van der Waals surface area contributed by atoms with Crippen LogP contribution in [0.5, 0.6) is 0 Å². The molecule has 0 aliphatic heterocycles. The Bertz CT molecular complexity index is 3620. The minimum absolute atomic E-state index is 1.10. The van der Waals surface area contributed by atoms with Crippen LogP contribution in [0, 0.1) is 0 Å². The third-order valence-electron chi connectivity index (χ3n) is 12.4. The van der Waals surface area contributed by atoms with Crippen LogP contribution in [-0.2, 0) is 0 Å². The average Bonchev–Trinajstić information content (AvgIpc) is 3.90. The minimum Gasteiger partial charge on any atom is -0.310 e. The zero-order chi connectivity index (χ0) is 41.7. The highest BCUT2D eigenvalue weighted by Gasteiger charge is 2.18. The summed E-state index contributed by atoms with van der Waals surface area (Å²) in [6, 6.07) is 88.3. The van der Waals surface area contributed by atoms with Crippen LogP contribution < -0.4 is 4.90 Å². The van der Waals surface area contributed by atoms with Crippen molar-refractivity contribution in [3.05, 3.63) is 243 Å². The fraction of sp³-hybridized carbons (Fsp3) is 0. The first kappa shape index (κ1) is 36.8. The molecule has 0 fully saturated rings. The van der Waals surface area contributed by atoms with Crippen LogP contribution in [0.3, 0.4) is 0 Å². The molecule has 0 saturated heterocycles. The van der Waals surface area contributed by atoms with E-state index >= 15 is 0 Å². The molecule has 12 aromatic rings. The molecule has 3 heteroatoms. The zero-order valence-electron chi connectivity index (χ0n) is 34.4. The van der Waals surface area contributed by atoms with Crippen LogP contribution in [-0.4, -0.2) is 4.57 Å². The third-order valence-corrected chi connectivity index (χ3v) is 13.5. The number of nitrogens with zero attached hydrogens (tertiary/aromatic N) is 2. The van der Waals surface area contributed by atoms with Gasteiger partial charge in [-0.3, -0.25) is 0 Å². The Balaban J connectivity index is 0.937. The lowest BCUT2D eigenvalue weighted by molar-refractivity contribution is 1.19. The first-order chi connectivity index (χ1) is 31.2. The molecule has 63 heavy (non-hydrogen) atoms. The number of hydrogen-bond acceptors (Lipinski definition) is 2. The molecule has 12 rings (SSSR count). The normalized spacial score (nSPS) is 11.5. The number of aromatic nitrogens is 1. The first-order valence-electron chi connectivity index (χ1n) is 21.5. The molecular formula is C60H40N2S. The summed E-state index contributed by atoms with van der Waals surface area (Å²) in [5.74, 6) is 0. The largest absolute Gasteiger partial charge is 0.310 e. The van der Waals surface area contributed by atoms with E-state index in [-0.39, 0.29) is 0 Å². The number of hydrogen-bond donors (Lipinski definition) is 0. The topological polar surface area (TPSA) is 8.17 Å². The minimum atomic E-state index is 1.10. The summed E-state index contributed by atoms with van der Waals surface area (Å²) >= 11 is 1.86. The molecule has 0 amide bonds. The van der Waals surface area contributed by atoms with Gasteiger partial charge in [0.25, 0.3) is 0 Å². The van der Waals surface area contributed by atoms with Gasteiger partial charge in [-0.1, -0.05) is 164 Å². The lowest BCUT2D eigenvalue weighted by Crippen LogP contribution is -2.10. The van der Waals surface area contributed by atoms with E-state index < -0.39 is 0 Å². The van der Waals surface area contributed by atoms with E-state index in [0.29, 0.717) is 0 Å². The Labute approximate surface area is 370 Å². The lowest BCUT2D eigenvalue weighted by Gasteiger charge is -2.26. The summed E-state index contributed by atoms with van der Waals surface area (Å²) in [5.41, 5.74) is 16.4. The number of anilines is 3. The van der Waals surface area contributed by atoms with Gasteiger partial charge in [-0.25, -0.2) is 0 Å². The molecular weight excluding hydrogens is 781 g/mol. The Morgan fingerprint density at radius 1 is 0.286 bits per heavy atom. The summed E-state index contributed by atoms with van der Waals surface area (Å²) in [6.45, 7) is 0. The number of benzene rings is 10. The summed E-state index contributed by atoms with van der Waals surface area (Å²) in [4.78, 5) is 2.37. The fourth-order valence-electron chi connectivity index (χ4n) is 9.41. The van der Waals surface area contributed by atoms with Gasteiger partial charge >= 0.3 is 0 Å². The van der Waals surface area contributed by atoms with Crippen molar-refractivity contribution < 1.29 is 0 Å². The molecule has 0 aliphatic carbocycles. The van der Waals surface area contributed by atoms with Gasteiger partial charge in [-0.15, -0.1) is 11.3 Å². The van der Waals surface area contributed by atoms with Crippen molar-refractivity contribution >= 4 is 70.4 Å². The summed E-state index contributed by atoms with van der Waals surface area (Å²) in [5, 5.41) is 5.11. The number of fused-ring (bicyclic) bond motifs is 6. The molecule has 0 aliphatic rings. The molecule has 0 N–H and O–H groups in total. The quantitative estimate of drug-likeness (QED) is 0.148. The van der Waals surface area contributed by atoms with Crippen molar-refractivity contribution in [2.75, 3.05) is 4.90 Å². The van der Waals surface area contributed by atoms with Gasteiger partial charge in [0.1, 0.15) is 0 Å². The number of rotatable bonds is 8. The maximum absolute atomic E-state index is 2.43. The van der Waals surface area contributed by atoms with Crippen molar-refractivity contribution in [2.24, 2.45) is 0 Å². The molecule has 2 aromatic heterocycles. The standard InChI is InChI=1S/C60H40N2S/c1-3-15-41(16-4-1)42-29-31-43(32-30-42)44-17-13-21-48(37-44)61(47-19-5-2-6-20-47)49-22-14-18-45(38-49)51-23-7-8-24-52(51)46-33-35-58-55(39-46)53-25-9-11-27-57(53)62(58)50-34-36-60-56(40-50)54-26-10-12-28-59(54)63-60/h1-40H. The van der Waals surface area contributed by atoms with Crippen molar-refractivity contribution in [3.63, 3.8) is 0 Å². The summed E-state index contributed by atoms with van der Waals surface area (Å²) < 4.78 is 5.07. The predicted molar refractivity (Wildman–Crippen MR) is 270 cm³/mol. The molecule has 0 atom stereocenters. The van der Waals surface area contributed by atoms with Gasteiger partial charge < -0.3 is 9.47 Å². The second kappa shape index (κ2) is 15.5. The molecule has 0 radical (unpaired) electrons. The number of para-hydroxylation sites is 2. The molecule has 296 valence electrons. The Morgan fingerprint density at radius 3 is 1.56 bits per heavy atom. The maximum atomic E-state index is 2.43. The van der Waals surface area contributed by atoms with Crippen LogP contribution in [0.15, 0.2) is 243 Å². The van der Waals surface area contributed by atoms with E-state index in [2.05, 4.69) is 252 Å².